The zero-order valence-electron chi connectivity index (χ0n) is 21.4. The van der Waals surface area contributed by atoms with Crippen molar-refractivity contribution in [2.24, 2.45) is 0 Å². The second kappa shape index (κ2) is 13.1. The van der Waals surface area contributed by atoms with Gasteiger partial charge in [0.2, 0.25) is 5.79 Å². The van der Waals surface area contributed by atoms with Crippen molar-refractivity contribution in [2.45, 2.75) is 12.1 Å². The number of ketones is 1. The maximum atomic E-state index is 12.1. The van der Waals surface area contributed by atoms with Crippen LogP contribution in [0, 0.1) is 0 Å². The van der Waals surface area contributed by atoms with E-state index < -0.39 is 5.79 Å². The van der Waals surface area contributed by atoms with Gasteiger partial charge < -0.3 is 18.9 Å². The number of aldehydes is 1. The lowest BCUT2D eigenvalue weighted by atomic mass is 9.96. The maximum Gasteiger partial charge on any atom is 0.222 e. The second-order valence-corrected chi connectivity index (χ2v) is 10.7. The molecule has 4 aromatic carbocycles. The second-order valence-electron chi connectivity index (χ2n) is 9.04. The summed E-state index contributed by atoms with van der Waals surface area (Å²) >= 11 is 6.89. The number of benzene rings is 4. The highest BCUT2D eigenvalue weighted by Crippen LogP contribution is 2.41. The summed E-state index contributed by atoms with van der Waals surface area (Å²) in [5.41, 5.74) is 4.66. The summed E-state index contributed by atoms with van der Waals surface area (Å²) in [6.45, 7) is 2.39. The molecule has 0 atom stereocenters. The molecule has 2 saturated heterocycles. The van der Waals surface area contributed by atoms with Crippen LogP contribution in [0.4, 0.5) is 0 Å². The van der Waals surface area contributed by atoms with Gasteiger partial charge in [-0.2, -0.15) is 0 Å². The van der Waals surface area contributed by atoms with Crippen molar-refractivity contribution in [3.05, 3.63) is 139 Å². The molecule has 0 aromatic heterocycles. The van der Waals surface area contributed by atoms with Crippen LogP contribution >= 0.6 is 31.9 Å². The molecule has 0 saturated carbocycles. The molecule has 0 spiro atoms. The number of hydrogen-bond donors (Lipinski definition) is 0. The number of carbonyl (C=O) groups is 2. The maximum absolute atomic E-state index is 12.1. The SMILES string of the molecule is Brc1cc(C2(c3ccccc3)OCCO2)ccc1C1OCCO1.O=Cc1ccc(C(=O)c2ccccc2)cc1Br. The van der Waals surface area contributed by atoms with Crippen molar-refractivity contribution in [3.8, 4) is 0 Å². The summed E-state index contributed by atoms with van der Waals surface area (Å²) in [5.74, 6) is -0.900. The van der Waals surface area contributed by atoms with E-state index in [0.717, 1.165) is 27.4 Å². The Labute approximate surface area is 249 Å². The molecule has 0 N–H and O–H groups in total. The van der Waals surface area contributed by atoms with Crippen molar-refractivity contribution < 1.29 is 28.5 Å². The van der Waals surface area contributed by atoms with Gasteiger partial charge in [0.1, 0.15) is 0 Å². The predicted molar refractivity (Wildman–Crippen MR) is 157 cm³/mol. The van der Waals surface area contributed by atoms with Crippen molar-refractivity contribution in [2.75, 3.05) is 26.4 Å². The molecule has 8 heteroatoms. The molecule has 2 aliphatic rings. The molecule has 2 heterocycles. The summed E-state index contributed by atoms with van der Waals surface area (Å²) in [6, 6.07) is 30.1. The Kier molecular flexibility index (Phi) is 9.36. The zero-order chi connectivity index (χ0) is 28.0. The van der Waals surface area contributed by atoms with E-state index in [1.165, 1.54) is 0 Å². The van der Waals surface area contributed by atoms with Gasteiger partial charge >= 0.3 is 0 Å². The number of carbonyl (C=O) groups excluding carboxylic acids is 2. The smallest absolute Gasteiger partial charge is 0.222 e. The fraction of sp³-hybridized carbons (Fsp3) is 0.188. The molecule has 0 radical (unpaired) electrons. The van der Waals surface area contributed by atoms with Crippen LogP contribution in [0.5, 0.6) is 0 Å². The molecule has 40 heavy (non-hydrogen) atoms. The van der Waals surface area contributed by atoms with E-state index in [4.69, 9.17) is 18.9 Å². The molecule has 0 aliphatic carbocycles. The largest absolute Gasteiger partial charge is 0.346 e. The minimum absolute atomic E-state index is 0.0521. The number of halogens is 2. The topological polar surface area (TPSA) is 71.1 Å². The van der Waals surface area contributed by atoms with Gasteiger partial charge in [0, 0.05) is 42.3 Å². The molecular formula is C32H26Br2O6. The molecule has 204 valence electrons. The third kappa shape index (κ3) is 6.17. The first kappa shape index (κ1) is 28.5. The third-order valence-electron chi connectivity index (χ3n) is 6.53. The average Bonchev–Trinajstić information content (AvgIpc) is 3.72. The van der Waals surface area contributed by atoms with E-state index >= 15 is 0 Å². The standard InChI is InChI=1S/C18H17BrO4.C14H9BrO2/c19-16-12-14(6-7-15(16)17-20-8-9-21-17)18(22-10-11-23-18)13-4-2-1-3-5-13;15-13-8-11(6-7-12(13)9-16)14(17)10-4-2-1-3-5-10/h1-7,12,17H,8-11H2;1-9H. The Morgan fingerprint density at radius 2 is 1.35 bits per heavy atom. The van der Waals surface area contributed by atoms with E-state index in [0.29, 0.717) is 47.6 Å². The van der Waals surface area contributed by atoms with E-state index in [-0.39, 0.29) is 12.1 Å². The van der Waals surface area contributed by atoms with E-state index in [1.807, 2.05) is 66.7 Å². The van der Waals surface area contributed by atoms with Gasteiger partial charge in [0.05, 0.1) is 26.4 Å². The van der Waals surface area contributed by atoms with Crippen LogP contribution in [-0.4, -0.2) is 38.5 Å². The lowest BCUT2D eigenvalue weighted by molar-refractivity contribution is -0.130. The van der Waals surface area contributed by atoms with Gasteiger partial charge in [-0.1, -0.05) is 111 Å². The summed E-state index contributed by atoms with van der Waals surface area (Å²) in [5, 5.41) is 0. The first-order chi connectivity index (χ1) is 19.5. The highest BCUT2D eigenvalue weighted by molar-refractivity contribution is 9.10. The molecule has 6 nitrogen and oxygen atoms in total. The van der Waals surface area contributed by atoms with Gasteiger partial charge in [-0.15, -0.1) is 0 Å². The molecule has 6 rings (SSSR count). The van der Waals surface area contributed by atoms with Crippen LogP contribution in [-0.2, 0) is 24.7 Å². The van der Waals surface area contributed by atoms with Gasteiger partial charge in [-0.25, -0.2) is 0 Å². The van der Waals surface area contributed by atoms with Gasteiger partial charge in [-0.05, 0) is 18.2 Å². The van der Waals surface area contributed by atoms with Crippen molar-refractivity contribution in [3.63, 3.8) is 0 Å². The number of hydrogen-bond acceptors (Lipinski definition) is 6. The number of rotatable bonds is 6. The fourth-order valence-electron chi connectivity index (χ4n) is 4.55. The Morgan fingerprint density at radius 1 is 0.700 bits per heavy atom. The van der Waals surface area contributed by atoms with E-state index in [1.54, 1.807) is 30.3 Å². The van der Waals surface area contributed by atoms with Gasteiger partial charge in [0.25, 0.3) is 0 Å². The van der Waals surface area contributed by atoms with Crippen LogP contribution in [0.15, 0.2) is 106 Å². The molecule has 0 bridgehead atoms. The van der Waals surface area contributed by atoms with Crippen LogP contribution in [0.3, 0.4) is 0 Å². The Bertz CT molecular complexity index is 1460. The van der Waals surface area contributed by atoms with E-state index in [2.05, 4.69) is 31.9 Å². The van der Waals surface area contributed by atoms with Gasteiger partial charge in [0.15, 0.2) is 18.4 Å². The van der Waals surface area contributed by atoms with Crippen molar-refractivity contribution in [1.29, 1.82) is 0 Å². The zero-order valence-corrected chi connectivity index (χ0v) is 24.6. The van der Waals surface area contributed by atoms with Crippen LogP contribution < -0.4 is 0 Å². The quantitative estimate of drug-likeness (QED) is 0.160. The molecule has 4 aromatic rings. The highest BCUT2D eigenvalue weighted by Gasteiger charge is 2.41. The first-order valence-corrected chi connectivity index (χ1v) is 14.3. The molecule has 2 fully saturated rings. The first-order valence-electron chi connectivity index (χ1n) is 12.7. The third-order valence-corrected chi connectivity index (χ3v) is 7.90. The predicted octanol–water partition coefficient (Wildman–Crippen LogP) is 7.24. The summed E-state index contributed by atoms with van der Waals surface area (Å²) in [4.78, 5) is 22.8. The van der Waals surface area contributed by atoms with Crippen molar-refractivity contribution in [1.82, 2.24) is 0 Å². The Morgan fingerprint density at radius 3 is 1.95 bits per heavy atom. The van der Waals surface area contributed by atoms with Crippen molar-refractivity contribution >= 4 is 43.9 Å². The summed E-state index contributed by atoms with van der Waals surface area (Å²) < 4.78 is 24.8. The van der Waals surface area contributed by atoms with E-state index in [9.17, 15) is 9.59 Å². The minimum atomic E-state index is -0.848. The molecular weight excluding hydrogens is 640 g/mol. The minimum Gasteiger partial charge on any atom is -0.346 e. The molecule has 2 aliphatic heterocycles. The Hall–Kier alpha value is -2.98. The molecule has 0 amide bonds. The van der Waals surface area contributed by atoms with Crippen LogP contribution in [0.1, 0.15) is 49.3 Å². The number of ether oxygens (including phenoxy) is 4. The lowest BCUT2D eigenvalue weighted by Gasteiger charge is -2.29. The normalized spacial score (nSPS) is 16.2. The van der Waals surface area contributed by atoms with Gasteiger partial charge in [-0.3, -0.25) is 9.59 Å². The van der Waals surface area contributed by atoms with Crippen LogP contribution in [0.25, 0.3) is 0 Å². The fourth-order valence-corrected chi connectivity index (χ4v) is 5.59. The van der Waals surface area contributed by atoms with Crippen LogP contribution in [0.2, 0.25) is 0 Å². The average molecular weight is 666 g/mol. The lowest BCUT2D eigenvalue weighted by Crippen LogP contribution is -2.28. The monoisotopic (exact) mass is 664 g/mol. The summed E-state index contributed by atoms with van der Waals surface area (Å²) in [6.07, 6.45) is 0.442. The Balaban J connectivity index is 0.000000170. The summed E-state index contributed by atoms with van der Waals surface area (Å²) in [7, 11) is 0. The molecule has 0 unspecified atom stereocenters. The highest BCUT2D eigenvalue weighted by atomic mass is 79.9.